The van der Waals surface area contributed by atoms with Crippen LogP contribution >= 0.6 is 11.8 Å². The molecule has 2 rings (SSSR count). The molecule has 1 aliphatic carbocycles. The van der Waals surface area contributed by atoms with Crippen molar-refractivity contribution in [2.75, 3.05) is 16.8 Å². The number of rotatable bonds is 8. The number of benzene rings is 1. The van der Waals surface area contributed by atoms with Gasteiger partial charge in [0.15, 0.2) is 0 Å². The van der Waals surface area contributed by atoms with Gasteiger partial charge in [-0.2, -0.15) is 0 Å². The first-order valence-electron chi connectivity index (χ1n) is 7.45. The van der Waals surface area contributed by atoms with E-state index in [1.54, 1.807) is 0 Å². The summed E-state index contributed by atoms with van der Waals surface area (Å²) in [5.74, 6) is -0.871. The van der Waals surface area contributed by atoms with E-state index in [0.29, 0.717) is 0 Å². The van der Waals surface area contributed by atoms with E-state index in [1.165, 1.54) is 0 Å². The summed E-state index contributed by atoms with van der Waals surface area (Å²) in [4.78, 5) is 33.8. The lowest BCUT2D eigenvalue weighted by molar-refractivity contribution is -0.133. The highest BCUT2D eigenvalue weighted by molar-refractivity contribution is 8.00. The van der Waals surface area contributed by atoms with Gasteiger partial charge >= 0.3 is 5.97 Å². The largest absolute Gasteiger partial charge is 0.481 e. The number of hydrogen-bond acceptors (Lipinski definition) is 4. The molecule has 0 aromatic heterocycles. The van der Waals surface area contributed by atoms with Gasteiger partial charge in [0.1, 0.15) is 0 Å². The zero-order valence-corrected chi connectivity index (χ0v) is 13.7. The molecule has 1 aromatic carbocycles. The van der Waals surface area contributed by atoms with Gasteiger partial charge in [-0.15, -0.1) is 11.8 Å². The molecule has 0 spiro atoms. The number of aliphatic carboxylic acids is 1. The Morgan fingerprint density at radius 2 is 1.87 bits per heavy atom. The van der Waals surface area contributed by atoms with Crippen LogP contribution in [0.3, 0.4) is 0 Å². The predicted octanol–water partition coefficient (Wildman–Crippen LogP) is 2.03. The summed E-state index contributed by atoms with van der Waals surface area (Å²) in [6.45, 7) is 1.86. The standard InChI is InChI=1S/C16H20N2O4S/c1-10(17-14(19)8-23-9-15(20)21)11-4-6-13(7-5-11)18-16(22)12-2-3-12/h4-7,10,12H,2-3,8-9H2,1H3,(H,17,19)(H,18,22)(H,20,21). The highest BCUT2D eigenvalue weighted by Crippen LogP contribution is 2.30. The fraction of sp³-hybridized carbons (Fsp3) is 0.438. The van der Waals surface area contributed by atoms with Crippen molar-refractivity contribution >= 4 is 35.2 Å². The Morgan fingerprint density at radius 3 is 2.43 bits per heavy atom. The number of carboxylic acid groups (broad SMARTS) is 1. The van der Waals surface area contributed by atoms with E-state index in [4.69, 9.17) is 5.11 Å². The second-order valence-corrected chi connectivity index (χ2v) is 6.55. The molecule has 0 aliphatic heterocycles. The molecule has 23 heavy (non-hydrogen) atoms. The summed E-state index contributed by atoms with van der Waals surface area (Å²) in [7, 11) is 0. The Balaban J connectivity index is 1.79. The summed E-state index contributed by atoms with van der Waals surface area (Å²) < 4.78 is 0. The van der Waals surface area contributed by atoms with Gasteiger partial charge in [-0.05, 0) is 37.5 Å². The van der Waals surface area contributed by atoms with E-state index in [-0.39, 0.29) is 35.3 Å². The number of carbonyl (C=O) groups excluding carboxylic acids is 2. The lowest BCUT2D eigenvalue weighted by Crippen LogP contribution is -2.28. The number of hydrogen-bond donors (Lipinski definition) is 3. The number of carbonyl (C=O) groups is 3. The summed E-state index contributed by atoms with van der Waals surface area (Å²) in [6, 6.07) is 7.17. The quantitative estimate of drug-likeness (QED) is 0.675. The minimum absolute atomic E-state index is 0.0644. The van der Waals surface area contributed by atoms with Crippen molar-refractivity contribution in [3.63, 3.8) is 0 Å². The van der Waals surface area contributed by atoms with Gasteiger partial charge in [-0.3, -0.25) is 14.4 Å². The van der Waals surface area contributed by atoms with Crippen LogP contribution in [-0.2, 0) is 14.4 Å². The van der Waals surface area contributed by atoms with Crippen molar-refractivity contribution in [3.05, 3.63) is 29.8 Å². The average molecular weight is 336 g/mol. The van der Waals surface area contributed by atoms with Crippen molar-refractivity contribution in [2.24, 2.45) is 5.92 Å². The van der Waals surface area contributed by atoms with Crippen LogP contribution in [0.2, 0.25) is 0 Å². The van der Waals surface area contributed by atoms with Gasteiger partial charge in [0.05, 0.1) is 17.5 Å². The zero-order valence-electron chi connectivity index (χ0n) is 12.9. The maximum absolute atomic E-state index is 11.7. The van der Waals surface area contributed by atoms with Crippen LogP contribution in [0.25, 0.3) is 0 Å². The number of anilines is 1. The third kappa shape index (κ3) is 5.94. The molecule has 1 fully saturated rings. The van der Waals surface area contributed by atoms with Gasteiger partial charge in [-0.25, -0.2) is 0 Å². The van der Waals surface area contributed by atoms with E-state index in [9.17, 15) is 14.4 Å². The van der Waals surface area contributed by atoms with Crippen molar-refractivity contribution < 1.29 is 19.5 Å². The van der Waals surface area contributed by atoms with E-state index in [2.05, 4.69) is 10.6 Å². The molecule has 1 atom stereocenters. The van der Waals surface area contributed by atoms with Crippen LogP contribution in [0.4, 0.5) is 5.69 Å². The topological polar surface area (TPSA) is 95.5 Å². The smallest absolute Gasteiger partial charge is 0.313 e. The Hall–Kier alpha value is -2.02. The minimum atomic E-state index is -0.931. The molecule has 124 valence electrons. The Kier molecular flexibility index (Phi) is 6.04. The maximum atomic E-state index is 11.7. The molecule has 1 aromatic rings. The second kappa shape index (κ2) is 8.01. The summed E-state index contributed by atoms with van der Waals surface area (Å²) in [5, 5.41) is 14.2. The first kappa shape index (κ1) is 17.3. The lowest BCUT2D eigenvalue weighted by atomic mass is 10.1. The average Bonchev–Trinajstić information content (AvgIpc) is 3.32. The highest BCUT2D eigenvalue weighted by atomic mass is 32.2. The molecule has 0 heterocycles. The van der Waals surface area contributed by atoms with Gasteiger partial charge in [0.2, 0.25) is 11.8 Å². The second-order valence-electron chi connectivity index (χ2n) is 5.56. The number of thioether (sulfide) groups is 1. The SMILES string of the molecule is CC(NC(=O)CSCC(=O)O)c1ccc(NC(=O)C2CC2)cc1. The Labute approximate surface area is 139 Å². The van der Waals surface area contributed by atoms with Crippen LogP contribution < -0.4 is 10.6 Å². The third-order valence-electron chi connectivity index (χ3n) is 3.46. The normalized spacial score (nSPS) is 14.8. The molecule has 3 N–H and O–H groups in total. The first-order chi connectivity index (χ1) is 11.0. The van der Waals surface area contributed by atoms with E-state index < -0.39 is 5.97 Å². The molecule has 1 aliphatic rings. The number of carboxylic acids is 1. The van der Waals surface area contributed by atoms with Gasteiger partial charge in [0, 0.05) is 11.6 Å². The maximum Gasteiger partial charge on any atom is 0.313 e. The van der Waals surface area contributed by atoms with Crippen molar-refractivity contribution in [1.82, 2.24) is 5.32 Å². The molecular weight excluding hydrogens is 316 g/mol. The fourth-order valence-corrected chi connectivity index (χ4v) is 2.59. The molecule has 1 unspecified atom stereocenters. The number of amides is 2. The van der Waals surface area contributed by atoms with Crippen LogP contribution in [-0.4, -0.2) is 34.4 Å². The monoisotopic (exact) mass is 336 g/mol. The van der Waals surface area contributed by atoms with Crippen molar-refractivity contribution in [3.8, 4) is 0 Å². The summed E-state index contributed by atoms with van der Waals surface area (Å²) in [6.07, 6.45) is 1.93. The predicted molar refractivity (Wildman–Crippen MR) is 89.3 cm³/mol. The molecule has 6 nitrogen and oxygen atoms in total. The van der Waals surface area contributed by atoms with Crippen LogP contribution in [0, 0.1) is 5.92 Å². The van der Waals surface area contributed by atoms with Crippen molar-refractivity contribution in [2.45, 2.75) is 25.8 Å². The zero-order chi connectivity index (χ0) is 16.8. The van der Waals surface area contributed by atoms with E-state index in [1.807, 2.05) is 31.2 Å². The lowest BCUT2D eigenvalue weighted by Gasteiger charge is -2.15. The molecular formula is C16H20N2O4S. The summed E-state index contributed by atoms with van der Waals surface area (Å²) >= 11 is 1.07. The Morgan fingerprint density at radius 1 is 1.22 bits per heavy atom. The van der Waals surface area contributed by atoms with E-state index >= 15 is 0 Å². The number of nitrogens with one attached hydrogen (secondary N) is 2. The first-order valence-corrected chi connectivity index (χ1v) is 8.61. The molecule has 2 amide bonds. The highest BCUT2D eigenvalue weighted by Gasteiger charge is 2.29. The fourth-order valence-electron chi connectivity index (χ4n) is 2.04. The minimum Gasteiger partial charge on any atom is -0.481 e. The summed E-state index contributed by atoms with van der Waals surface area (Å²) in [5.41, 5.74) is 1.67. The van der Waals surface area contributed by atoms with Gasteiger partial charge < -0.3 is 15.7 Å². The molecule has 7 heteroatoms. The van der Waals surface area contributed by atoms with E-state index in [0.717, 1.165) is 35.9 Å². The molecule has 1 saturated carbocycles. The van der Waals surface area contributed by atoms with Crippen LogP contribution in [0.15, 0.2) is 24.3 Å². The molecule has 0 saturated heterocycles. The van der Waals surface area contributed by atoms with Gasteiger partial charge in [0.25, 0.3) is 0 Å². The Bertz CT molecular complexity index is 584. The molecule has 0 bridgehead atoms. The van der Waals surface area contributed by atoms with Crippen LogP contribution in [0.5, 0.6) is 0 Å². The van der Waals surface area contributed by atoms with Gasteiger partial charge in [-0.1, -0.05) is 12.1 Å². The molecule has 0 radical (unpaired) electrons. The van der Waals surface area contributed by atoms with Crippen molar-refractivity contribution in [1.29, 1.82) is 0 Å². The third-order valence-corrected chi connectivity index (χ3v) is 4.38. The van der Waals surface area contributed by atoms with Crippen LogP contribution in [0.1, 0.15) is 31.4 Å².